The minimum absolute atomic E-state index is 0.0387. The lowest BCUT2D eigenvalue weighted by Crippen LogP contribution is -2.14. The second-order valence-electron chi connectivity index (χ2n) is 3.54. The fraction of sp³-hybridized carbons (Fsp3) is 0.0909. The maximum atomic E-state index is 11.8. The van der Waals surface area contributed by atoms with E-state index in [0.717, 1.165) is 0 Å². The molecule has 2 aromatic rings. The Kier molecular flexibility index (Phi) is 3.61. The van der Waals surface area contributed by atoms with E-state index in [-0.39, 0.29) is 17.0 Å². The molecule has 1 amide bonds. The van der Waals surface area contributed by atoms with Gasteiger partial charge in [-0.2, -0.15) is 15.4 Å². The van der Waals surface area contributed by atoms with E-state index in [1.165, 1.54) is 7.11 Å². The lowest BCUT2D eigenvalue weighted by Gasteiger charge is -2.08. The van der Waals surface area contributed by atoms with E-state index in [4.69, 9.17) is 10.5 Å². The summed E-state index contributed by atoms with van der Waals surface area (Å²) in [4.78, 5) is 23.1. The Morgan fingerprint density at radius 2 is 2.11 bits per heavy atom. The summed E-state index contributed by atoms with van der Waals surface area (Å²) in [7, 11) is 1.27. The van der Waals surface area contributed by atoms with Crippen LogP contribution in [-0.4, -0.2) is 34.4 Å². The summed E-state index contributed by atoms with van der Waals surface area (Å²) in [5, 5.41) is 9.84. The molecule has 0 bridgehead atoms. The number of halogens is 1. The lowest BCUT2D eigenvalue weighted by atomic mass is 10.0. The number of H-pyrrole nitrogens is 1. The number of aromatic amines is 1. The maximum Gasteiger partial charge on any atom is 0.339 e. The highest BCUT2D eigenvalue weighted by Crippen LogP contribution is 2.30. The van der Waals surface area contributed by atoms with Gasteiger partial charge < -0.3 is 10.5 Å². The number of rotatable bonds is 3. The third-order valence-corrected chi connectivity index (χ3v) is 3.10. The molecule has 98 valence electrons. The van der Waals surface area contributed by atoms with Crippen molar-refractivity contribution in [2.45, 2.75) is 0 Å². The van der Waals surface area contributed by atoms with Crippen molar-refractivity contribution >= 4 is 27.8 Å². The quantitative estimate of drug-likeness (QED) is 0.822. The minimum Gasteiger partial charge on any atom is -0.465 e. The van der Waals surface area contributed by atoms with Gasteiger partial charge in [0.1, 0.15) is 5.69 Å². The summed E-state index contributed by atoms with van der Waals surface area (Å²) in [5.41, 5.74) is 6.03. The van der Waals surface area contributed by atoms with Gasteiger partial charge in [-0.15, -0.1) is 0 Å². The van der Waals surface area contributed by atoms with Gasteiger partial charge in [-0.25, -0.2) is 4.79 Å². The van der Waals surface area contributed by atoms with Gasteiger partial charge >= 0.3 is 5.97 Å². The Morgan fingerprint density at radius 1 is 1.37 bits per heavy atom. The van der Waals surface area contributed by atoms with Crippen molar-refractivity contribution in [3.63, 3.8) is 0 Å². The Morgan fingerprint density at radius 3 is 2.74 bits per heavy atom. The molecule has 1 aromatic carbocycles. The molecule has 0 aliphatic rings. The first-order valence-electron chi connectivity index (χ1n) is 5.14. The van der Waals surface area contributed by atoms with E-state index in [1.807, 2.05) is 0 Å². The van der Waals surface area contributed by atoms with E-state index < -0.39 is 11.9 Å². The van der Waals surface area contributed by atoms with Crippen LogP contribution in [0.5, 0.6) is 0 Å². The molecule has 0 unspecified atom stereocenters. The summed E-state index contributed by atoms with van der Waals surface area (Å²) < 4.78 is 5.24. The highest BCUT2D eigenvalue weighted by atomic mass is 79.9. The van der Waals surface area contributed by atoms with Crippen LogP contribution in [0.25, 0.3) is 11.3 Å². The zero-order valence-electron chi connectivity index (χ0n) is 9.81. The van der Waals surface area contributed by atoms with Crippen molar-refractivity contribution < 1.29 is 14.3 Å². The Labute approximate surface area is 116 Å². The number of carbonyl (C=O) groups excluding carboxylic acids is 2. The smallest absolute Gasteiger partial charge is 0.339 e. The summed E-state index contributed by atoms with van der Waals surface area (Å²) in [5.74, 6) is -1.29. The number of hydrogen-bond acceptors (Lipinski definition) is 5. The van der Waals surface area contributed by atoms with Crippen molar-refractivity contribution in [2.24, 2.45) is 5.73 Å². The number of aromatic nitrogens is 3. The second-order valence-corrected chi connectivity index (χ2v) is 4.39. The number of esters is 1. The molecule has 7 nitrogen and oxygen atoms in total. The van der Waals surface area contributed by atoms with E-state index in [0.29, 0.717) is 10.0 Å². The molecule has 1 aromatic heterocycles. The van der Waals surface area contributed by atoms with Crippen LogP contribution in [0.4, 0.5) is 0 Å². The molecule has 2 rings (SSSR count). The first-order valence-corrected chi connectivity index (χ1v) is 5.93. The van der Waals surface area contributed by atoms with E-state index in [9.17, 15) is 9.59 Å². The van der Waals surface area contributed by atoms with Crippen LogP contribution in [0.2, 0.25) is 0 Å². The molecule has 0 atom stereocenters. The monoisotopic (exact) mass is 324 g/mol. The standard InChI is InChI=1S/C11H9BrN4O3/c1-19-11(18)7-5(3-2-4-6(7)12)8-9(10(13)17)15-16-14-8/h2-4H,1H3,(H2,13,17)(H,14,15,16). The molecule has 8 heteroatoms. The number of hydrogen-bond donors (Lipinski definition) is 2. The van der Waals surface area contributed by atoms with Crippen LogP contribution in [0.3, 0.4) is 0 Å². The van der Waals surface area contributed by atoms with Gasteiger partial charge in [0.2, 0.25) is 0 Å². The predicted octanol–water partition coefficient (Wildman–Crippen LogP) is 1.12. The zero-order valence-corrected chi connectivity index (χ0v) is 11.4. The molecule has 0 fully saturated rings. The van der Waals surface area contributed by atoms with Gasteiger partial charge in [0.25, 0.3) is 5.91 Å². The largest absolute Gasteiger partial charge is 0.465 e. The number of amides is 1. The van der Waals surface area contributed by atoms with Crippen LogP contribution in [-0.2, 0) is 4.74 Å². The predicted molar refractivity (Wildman–Crippen MR) is 69.4 cm³/mol. The van der Waals surface area contributed by atoms with Gasteiger partial charge in [-0.05, 0) is 22.0 Å². The number of ether oxygens (including phenoxy) is 1. The Bertz CT molecular complexity index is 653. The van der Waals surface area contributed by atoms with Crippen molar-refractivity contribution in [3.8, 4) is 11.3 Å². The SMILES string of the molecule is COC(=O)c1c(Br)cccc1-c1n[nH]nc1C(N)=O. The number of carbonyl (C=O) groups is 2. The average molecular weight is 325 g/mol. The van der Waals surface area contributed by atoms with Gasteiger partial charge in [0.15, 0.2) is 5.69 Å². The van der Waals surface area contributed by atoms with Crippen LogP contribution >= 0.6 is 15.9 Å². The number of nitrogens with zero attached hydrogens (tertiary/aromatic N) is 2. The first-order chi connectivity index (χ1) is 9.06. The van der Waals surface area contributed by atoms with Crippen LogP contribution in [0.15, 0.2) is 22.7 Å². The molecule has 0 saturated heterocycles. The fourth-order valence-electron chi connectivity index (χ4n) is 1.62. The molecule has 0 aliphatic heterocycles. The van der Waals surface area contributed by atoms with Crippen molar-refractivity contribution in [2.75, 3.05) is 7.11 Å². The first kappa shape index (κ1) is 13.2. The number of primary amides is 1. The third-order valence-electron chi connectivity index (χ3n) is 2.44. The van der Waals surface area contributed by atoms with E-state index in [2.05, 4.69) is 31.3 Å². The average Bonchev–Trinajstić information content (AvgIpc) is 2.86. The molecule has 19 heavy (non-hydrogen) atoms. The molecule has 0 spiro atoms. The highest BCUT2D eigenvalue weighted by molar-refractivity contribution is 9.10. The van der Waals surface area contributed by atoms with E-state index >= 15 is 0 Å². The third kappa shape index (κ3) is 2.34. The van der Waals surface area contributed by atoms with Crippen LogP contribution < -0.4 is 5.73 Å². The number of nitrogens with one attached hydrogen (secondary N) is 1. The Balaban J connectivity index is 2.69. The summed E-state index contributed by atoms with van der Waals surface area (Å²) in [6, 6.07) is 5.01. The number of benzene rings is 1. The summed E-state index contributed by atoms with van der Waals surface area (Å²) in [6.45, 7) is 0. The molecule has 1 heterocycles. The number of methoxy groups -OCH3 is 1. The minimum atomic E-state index is -0.737. The fourth-order valence-corrected chi connectivity index (χ4v) is 2.15. The van der Waals surface area contributed by atoms with Gasteiger partial charge in [-0.3, -0.25) is 4.79 Å². The molecule has 0 saturated carbocycles. The highest BCUT2D eigenvalue weighted by Gasteiger charge is 2.23. The van der Waals surface area contributed by atoms with Crippen LogP contribution in [0.1, 0.15) is 20.8 Å². The van der Waals surface area contributed by atoms with Crippen molar-refractivity contribution in [3.05, 3.63) is 33.9 Å². The van der Waals surface area contributed by atoms with Gasteiger partial charge in [-0.1, -0.05) is 12.1 Å². The molecular weight excluding hydrogens is 316 g/mol. The number of nitrogens with two attached hydrogens (primary N) is 1. The van der Waals surface area contributed by atoms with Crippen LogP contribution in [0, 0.1) is 0 Å². The van der Waals surface area contributed by atoms with Crippen molar-refractivity contribution in [1.82, 2.24) is 15.4 Å². The maximum absolute atomic E-state index is 11.8. The van der Waals surface area contributed by atoms with Gasteiger partial charge in [0.05, 0.1) is 12.7 Å². The topological polar surface area (TPSA) is 111 Å². The van der Waals surface area contributed by atoms with E-state index in [1.54, 1.807) is 18.2 Å². The molecule has 3 N–H and O–H groups in total. The summed E-state index contributed by atoms with van der Waals surface area (Å²) >= 11 is 3.26. The summed E-state index contributed by atoms with van der Waals surface area (Å²) in [6.07, 6.45) is 0. The Hall–Kier alpha value is -2.22. The normalized spacial score (nSPS) is 10.2. The van der Waals surface area contributed by atoms with Gasteiger partial charge in [0, 0.05) is 10.0 Å². The van der Waals surface area contributed by atoms with Crippen molar-refractivity contribution in [1.29, 1.82) is 0 Å². The zero-order chi connectivity index (χ0) is 14.0. The molecule has 0 radical (unpaired) electrons. The second kappa shape index (κ2) is 5.19. The molecule has 0 aliphatic carbocycles. The lowest BCUT2D eigenvalue weighted by molar-refractivity contribution is 0.0600. The molecular formula is C11H9BrN4O3.